The number of nitrogens with two attached hydrogens (primary N) is 1. The average Bonchev–Trinajstić information content (AvgIpc) is 2.88. The fourth-order valence-corrected chi connectivity index (χ4v) is 2.16. The van der Waals surface area contributed by atoms with E-state index in [4.69, 9.17) is 14.9 Å². The third kappa shape index (κ3) is 2.38. The number of fused-ring (bicyclic) bond motifs is 1. The lowest BCUT2D eigenvalue weighted by Gasteiger charge is -2.05. The van der Waals surface area contributed by atoms with Crippen LogP contribution in [0, 0.1) is 5.82 Å². The molecule has 0 saturated heterocycles. The molecule has 1 aromatic heterocycles. The normalized spacial score (nSPS) is 10.9. The van der Waals surface area contributed by atoms with Crippen molar-refractivity contribution in [2.75, 3.05) is 0 Å². The predicted octanol–water partition coefficient (Wildman–Crippen LogP) is 3.61. The minimum atomic E-state index is -0.315. The molecule has 0 amide bonds. The van der Waals surface area contributed by atoms with Crippen LogP contribution in [0.25, 0.3) is 11.0 Å². The van der Waals surface area contributed by atoms with Crippen LogP contribution in [-0.4, -0.2) is 0 Å². The molecule has 102 valence electrons. The summed E-state index contributed by atoms with van der Waals surface area (Å²) in [6, 6.07) is 11.9. The van der Waals surface area contributed by atoms with Gasteiger partial charge < -0.3 is 14.9 Å². The molecule has 3 rings (SSSR count). The number of halogens is 1. The average molecular weight is 271 g/mol. The highest BCUT2D eigenvalue weighted by Gasteiger charge is 2.09. The zero-order valence-electron chi connectivity index (χ0n) is 10.8. The zero-order chi connectivity index (χ0) is 13.9. The lowest BCUT2D eigenvalue weighted by Crippen LogP contribution is -1.97. The van der Waals surface area contributed by atoms with Crippen molar-refractivity contribution in [2.45, 2.75) is 13.2 Å². The van der Waals surface area contributed by atoms with E-state index in [9.17, 15) is 4.39 Å². The van der Waals surface area contributed by atoms with E-state index >= 15 is 0 Å². The topological polar surface area (TPSA) is 48.4 Å². The maximum absolute atomic E-state index is 13.1. The molecule has 0 aliphatic carbocycles. The van der Waals surface area contributed by atoms with Gasteiger partial charge in [-0.1, -0.05) is 24.3 Å². The Bertz CT molecular complexity index is 736. The van der Waals surface area contributed by atoms with E-state index in [1.807, 2.05) is 18.2 Å². The predicted molar refractivity (Wildman–Crippen MR) is 74.8 cm³/mol. The number of para-hydroxylation sites is 1. The van der Waals surface area contributed by atoms with Crippen molar-refractivity contribution in [3.63, 3.8) is 0 Å². The Morgan fingerprint density at radius 1 is 1.10 bits per heavy atom. The second kappa shape index (κ2) is 5.35. The molecule has 0 fully saturated rings. The molecule has 20 heavy (non-hydrogen) atoms. The quantitative estimate of drug-likeness (QED) is 0.788. The molecular weight excluding hydrogens is 257 g/mol. The lowest BCUT2D eigenvalue weighted by atomic mass is 10.1. The van der Waals surface area contributed by atoms with Crippen molar-refractivity contribution in [1.82, 2.24) is 0 Å². The number of ether oxygens (including phenoxy) is 1. The number of hydrogen-bond donors (Lipinski definition) is 1. The standard InChI is InChI=1S/C16H14FNO2/c17-13-4-2-5-14(7-13)19-9-12-10-20-16-11(8-18)3-1-6-15(12)16/h1-7,10H,8-9,18H2. The Balaban J connectivity index is 1.85. The minimum Gasteiger partial charge on any atom is -0.489 e. The van der Waals surface area contributed by atoms with Gasteiger partial charge in [-0.3, -0.25) is 0 Å². The minimum absolute atomic E-state index is 0.315. The van der Waals surface area contributed by atoms with Gasteiger partial charge in [0.15, 0.2) is 0 Å². The highest BCUT2D eigenvalue weighted by atomic mass is 19.1. The fraction of sp³-hybridized carbons (Fsp3) is 0.125. The Morgan fingerprint density at radius 2 is 1.95 bits per heavy atom. The molecule has 2 N–H and O–H groups in total. The number of benzene rings is 2. The summed E-state index contributed by atoms with van der Waals surface area (Å²) in [5.74, 6) is 0.180. The first kappa shape index (κ1) is 12.7. The first-order chi connectivity index (χ1) is 9.78. The summed E-state index contributed by atoms with van der Waals surface area (Å²) >= 11 is 0. The summed E-state index contributed by atoms with van der Waals surface area (Å²) < 4.78 is 24.2. The van der Waals surface area contributed by atoms with Crippen LogP contribution in [0.2, 0.25) is 0 Å². The summed E-state index contributed by atoms with van der Waals surface area (Å²) in [7, 11) is 0. The van der Waals surface area contributed by atoms with Gasteiger partial charge in [-0.15, -0.1) is 0 Å². The van der Waals surface area contributed by atoms with Crippen molar-refractivity contribution in [1.29, 1.82) is 0 Å². The van der Waals surface area contributed by atoms with E-state index in [2.05, 4.69) is 0 Å². The van der Waals surface area contributed by atoms with Crippen LogP contribution in [0.15, 0.2) is 53.1 Å². The highest BCUT2D eigenvalue weighted by molar-refractivity contribution is 5.83. The zero-order valence-corrected chi connectivity index (χ0v) is 10.8. The van der Waals surface area contributed by atoms with E-state index in [-0.39, 0.29) is 5.82 Å². The molecule has 0 spiro atoms. The van der Waals surface area contributed by atoms with Crippen molar-refractivity contribution in [3.05, 3.63) is 65.7 Å². The Labute approximate surface area is 115 Å². The van der Waals surface area contributed by atoms with Gasteiger partial charge in [-0.05, 0) is 12.1 Å². The summed E-state index contributed by atoms with van der Waals surface area (Å²) in [6.07, 6.45) is 1.66. The molecule has 3 aromatic rings. The highest BCUT2D eigenvalue weighted by Crippen LogP contribution is 2.25. The van der Waals surface area contributed by atoms with Gasteiger partial charge in [0.1, 0.15) is 23.8 Å². The second-order valence-electron chi connectivity index (χ2n) is 4.50. The van der Waals surface area contributed by atoms with Crippen LogP contribution in [0.3, 0.4) is 0 Å². The monoisotopic (exact) mass is 271 g/mol. The molecule has 0 radical (unpaired) electrons. The van der Waals surface area contributed by atoms with Crippen LogP contribution in [0.1, 0.15) is 11.1 Å². The number of furan rings is 1. The maximum atomic E-state index is 13.1. The van der Waals surface area contributed by atoms with E-state index < -0.39 is 0 Å². The van der Waals surface area contributed by atoms with Crippen LogP contribution in [-0.2, 0) is 13.2 Å². The van der Waals surface area contributed by atoms with Crippen LogP contribution in [0.5, 0.6) is 5.75 Å². The summed E-state index contributed by atoms with van der Waals surface area (Å²) in [5, 5.41) is 0.976. The van der Waals surface area contributed by atoms with E-state index in [0.717, 1.165) is 22.1 Å². The summed E-state index contributed by atoms with van der Waals surface area (Å²) in [4.78, 5) is 0. The smallest absolute Gasteiger partial charge is 0.138 e. The maximum Gasteiger partial charge on any atom is 0.138 e. The van der Waals surface area contributed by atoms with Crippen molar-refractivity contribution < 1.29 is 13.5 Å². The van der Waals surface area contributed by atoms with Gasteiger partial charge in [0, 0.05) is 29.1 Å². The van der Waals surface area contributed by atoms with Gasteiger partial charge in [-0.25, -0.2) is 4.39 Å². The van der Waals surface area contributed by atoms with E-state index in [1.54, 1.807) is 18.4 Å². The first-order valence-electron chi connectivity index (χ1n) is 6.34. The van der Waals surface area contributed by atoms with Crippen molar-refractivity contribution in [2.24, 2.45) is 5.73 Å². The Morgan fingerprint density at radius 3 is 2.75 bits per heavy atom. The van der Waals surface area contributed by atoms with E-state index in [0.29, 0.717) is 18.9 Å². The summed E-state index contributed by atoms with van der Waals surface area (Å²) in [6.45, 7) is 0.750. The molecule has 0 atom stereocenters. The molecule has 4 heteroatoms. The summed E-state index contributed by atoms with van der Waals surface area (Å²) in [5.41, 5.74) is 8.33. The van der Waals surface area contributed by atoms with E-state index in [1.165, 1.54) is 12.1 Å². The number of rotatable bonds is 4. The SMILES string of the molecule is NCc1cccc2c(COc3cccc(F)c3)coc12. The lowest BCUT2D eigenvalue weighted by molar-refractivity contribution is 0.304. The van der Waals surface area contributed by atoms with Crippen molar-refractivity contribution in [3.8, 4) is 5.75 Å². The molecule has 0 aliphatic rings. The molecule has 2 aromatic carbocycles. The van der Waals surface area contributed by atoms with Crippen LogP contribution >= 0.6 is 0 Å². The third-order valence-corrected chi connectivity index (χ3v) is 3.17. The Hall–Kier alpha value is -2.33. The molecule has 3 nitrogen and oxygen atoms in total. The largest absolute Gasteiger partial charge is 0.489 e. The molecule has 0 unspecified atom stereocenters. The van der Waals surface area contributed by atoms with Gasteiger partial charge in [0.05, 0.1) is 6.26 Å². The molecule has 0 aliphatic heterocycles. The molecular formula is C16H14FNO2. The molecule has 0 saturated carbocycles. The van der Waals surface area contributed by atoms with Gasteiger partial charge >= 0.3 is 0 Å². The fourth-order valence-electron chi connectivity index (χ4n) is 2.16. The van der Waals surface area contributed by atoms with Crippen molar-refractivity contribution >= 4 is 11.0 Å². The second-order valence-corrected chi connectivity index (χ2v) is 4.50. The number of hydrogen-bond acceptors (Lipinski definition) is 3. The van der Waals surface area contributed by atoms with Crippen LogP contribution < -0.4 is 10.5 Å². The van der Waals surface area contributed by atoms with Gasteiger partial charge in [-0.2, -0.15) is 0 Å². The van der Waals surface area contributed by atoms with Crippen LogP contribution in [0.4, 0.5) is 4.39 Å². The van der Waals surface area contributed by atoms with Gasteiger partial charge in [0.2, 0.25) is 0 Å². The third-order valence-electron chi connectivity index (χ3n) is 3.17. The Kier molecular flexibility index (Phi) is 3.39. The molecule has 1 heterocycles. The first-order valence-corrected chi connectivity index (χ1v) is 6.34. The molecule has 0 bridgehead atoms. The van der Waals surface area contributed by atoms with Gasteiger partial charge in [0.25, 0.3) is 0 Å².